The van der Waals surface area contributed by atoms with E-state index in [1.165, 1.54) is 0 Å². The normalized spacial score (nSPS) is 10.5. The van der Waals surface area contributed by atoms with Gasteiger partial charge in [0.15, 0.2) is 0 Å². The molecule has 2 aromatic rings. The molecule has 2 N–H and O–H groups in total. The molecule has 110 valence electrons. The SMILES string of the molecule is O=C(O)CCCn1ccc(C(=O)O)c1Cc1ccccc1. The quantitative estimate of drug-likeness (QED) is 0.820. The molecule has 0 atom stereocenters. The minimum absolute atomic E-state index is 0.0748. The Kier molecular flexibility index (Phi) is 4.77. The molecule has 0 amide bonds. The number of aryl methyl sites for hydroxylation is 1. The molecule has 0 saturated heterocycles. The molecule has 0 fully saturated rings. The summed E-state index contributed by atoms with van der Waals surface area (Å²) >= 11 is 0. The van der Waals surface area contributed by atoms with Gasteiger partial charge in [-0.05, 0) is 18.1 Å². The number of carboxylic acid groups (broad SMARTS) is 2. The summed E-state index contributed by atoms with van der Waals surface area (Å²) in [5.41, 5.74) is 2.01. The van der Waals surface area contributed by atoms with E-state index in [-0.39, 0.29) is 12.0 Å². The minimum Gasteiger partial charge on any atom is -0.481 e. The van der Waals surface area contributed by atoms with Gasteiger partial charge in [0.2, 0.25) is 0 Å². The first-order chi connectivity index (χ1) is 10.1. The van der Waals surface area contributed by atoms with Gasteiger partial charge in [-0.15, -0.1) is 0 Å². The topological polar surface area (TPSA) is 79.5 Å². The molecule has 1 heterocycles. The van der Waals surface area contributed by atoms with Gasteiger partial charge in [0.25, 0.3) is 0 Å². The number of aromatic carboxylic acids is 1. The van der Waals surface area contributed by atoms with Crippen molar-refractivity contribution < 1.29 is 19.8 Å². The lowest BCUT2D eigenvalue weighted by atomic mass is 10.1. The number of carbonyl (C=O) groups is 2. The zero-order valence-electron chi connectivity index (χ0n) is 11.5. The van der Waals surface area contributed by atoms with Crippen LogP contribution >= 0.6 is 0 Å². The summed E-state index contributed by atoms with van der Waals surface area (Å²) in [7, 11) is 0. The van der Waals surface area contributed by atoms with Crippen molar-refractivity contribution in [1.29, 1.82) is 0 Å². The summed E-state index contributed by atoms with van der Waals surface area (Å²) in [4.78, 5) is 21.9. The van der Waals surface area contributed by atoms with E-state index in [0.29, 0.717) is 25.1 Å². The van der Waals surface area contributed by atoms with E-state index in [0.717, 1.165) is 5.56 Å². The third kappa shape index (κ3) is 3.95. The van der Waals surface area contributed by atoms with Crippen LogP contribution in [-0.2, 0) is 17.8 Å². The van der Waals surface area contributed by atoms with Crippen LogP contribution in [0.5, 0.6) is 0 Å². The molecular weight excluding hydrogens is 270 g/mol. The molecule has 5 heteroatoms. The van der Waals surface area contributed by atoms with Crippen LogP contribution in [0, 0.1) is 0 Å². The summed E-state index contributed by atoms with van der Waals surface area (Å²) in [6.07, 6.45) is 2.78. The number of nitrogens with zero attached hydrogens (tertiary/aromatic N) is 1. The van der Waals surface area contributed by atoms with Gasteiger partial charge in [0.1, 0.15) is 0 Å². The Balaban J connectivity index is 2.21. The largest absolute Gasteiger partial charge is 0.481 e. The summed E-state index contributed by atoms with van der Waals surface area (Å²) in [5.74, 6) is -1.80. The average molecular weight is 287 g/mol. The Morgan fingerprint density at radius 3 is 2.38 bits per heavy atom. The number of hydrogen-bond donors (Lipinski definition) is 2. The third-order valence-electron chi connectivity index (χ3n) is 3.31. The summed E-state index contributed by atoms with van der Waals surface area (Å²) in [5, 5.41) is 17.9. The van der Waals surface area contributed by atoms with Gasteiger partial charge in [-0.25, -0.2) is 4.79 Å². The van der Waals surface area contributed by atoms with Crippen LogP contribution in [0.15, 0.2) is 42.6 Å². The van der Waals surface area contributed by atoms with Crippen molar-refractivity contribution in [2.45, 2.75) is 25.8 Å². The zero-order chi connectivity index (χ0) is 15.2. The number of carboxylic acids is 2. The fourth-order valence-electron chi connectivity index (χ4n) is 2.30. The number of aliphatic carboxylic acids is 1. The highest BCUT2D eigenvalue weighted by molar-refractivity contribution is 5.89. The summed E-state index contributed by atoms with van der Waals surface area (Å²) < 4.78 is 1.83. The van der Waals surface area contributed by atoms with E-state index in [2.05, 4.69) is 0 Å². The smallest absolute Gasteiger partial charge is 0.337 e. The van der Waals surface area contributed by atoms with Crippen molar-refractivity contribution >= 4 is 11.9 Å². The Hall–Kier alpha value is -2.56. The van der Waals surface area contributed by atoms with Crippen molar-refractivity contribution in [3.63, 3.8) is 0 Å². The molecule has 0 radical (unpaired) electrons. The Labute approximate surface area is 122 Å². The van der Waals surface area contributed by atoms with Crippen LogP contribution in [0.3, 0.4) is 0 Å². The first-order valence-electron chi connectivity index (χ1n) is 6.75. The molecule has 0 aliphatic carbocycles. The second kappa shape index (κ2) is 6.74. The highest BCUT2D eigenvalue weighted by Gasteiger charge is 2.15. The highest BCUT2D eigenvalue weighted by Crippen LogP contribution is 2.17. The molecule has 0 bridgehead atoms. The van der Waals surface area contributed by atoms with Crippen LogP contribution in [-0.4, -0.2) is 26.7 Å². The monoisotopic (exact) mass is 287 g/mol. The van der Waals surface area contributed by atoms with E-state index in [9.17, 15) is 14.7 Å². The zero-order valence-corrected chi connectivity index (χ0v) is 11.5. The molecule has 0 unspecified atom stereocenters. The standard InChI is InChI=1S/C16H17NO4/c18-15(19)7-4-9-17-10-8-13(16(20)21)14(17)11-12-5-2-1-3-6-12/h1-3,5-6,8,10H,4,7,9,11H2,(H,18,19)(H,20,21). The van der Waals surface area contributed by atoms with Crippen LogP contribution in [0.2, 0.25) is 0 Å². The Morgan fingerprint density at radius 2 is 1.76 bits per heavy atom. The van der Waals surface area contributed by atoms with Gasteiger partial charge < -0.3 is 14.8 Å². The van der Waals surface area contributed by atoms with Crippen molar-refractivity contribution in [3.8, 4) is 0 Å². The number of hydrogen-bond acceptors (Lipinski definition) is 2. The predicted octanol–water partition coefficient (Wildman–Crippen LogP) is 2.64. The molecular formula is C16H17NO4. The molecule has 0 saturated carbocycles. The predicted molar refractivity (Wildman–Crippen MR) is 77.5 cm³/mol. The van der Waals surface area contributed by atoms with E-state index < -0.39 is 11.9 Å². The molecule has 2 rings (SSSR count). The fraction of sp³-hybridized carbons (Fsp3) is 0.250. The van der Waals surface area contributed by atoms with Gasteiger partial charge in [-0.2, -0.15) is 0 Å². The molecule has 1 aromatic carbocycles. The maximum atomic E-state index is 11.3. The number of rotatable bonds is 7. The van der Waals surface area contributed by atoms with Crippen molar-refractivity contribution in [3.05, 3.63) is 59.4 Å². The van der Waals surface area contributed by atoms with E-state index >= 15 is 0 Å². The van der Waals surface area contributed by atoms with Crippen molar-refractivity contribution in [1.82, 2.24) is 4.57 Å². The fourth-order valence-corrected chi connectivity index (χ4v) is 2.30. The number of aromatic nitrogens is 1. The average Bonchev–Trinajstić information content (AvgIpc) is 2.83. The number of benzene rings is 1. The van der Waals surface area contributed by atoms with E-state index in [1.54, 1.807) is 12.3 Å². The Bertz CT molecular complexity index is 631. The maximum Gasteiger partial charge on any atom is 0.337 e. The second-order valence-corrected chi connectivity index (χ2v) is 4.83. The lowest BCUT2D eigenvalue weighted by Gasteiger charge is -2.10. The summed E-state index contributed by atoms with van der Waals surface area (Å²) in [6, 6.07) is 11.2. The van der Waals surface area contributed by atoms with Crippen LogP contribution in [0.25, 0.3) is 0 Å². The Morgan fingerprint density at radius 1 is 1.05 bits per heavy atom. The van der Waals surface area contributed by atoms with Gasteiger partial charge in [-0.3, -0.25) is 4.79 Å². The van der Waals surface area contributed by atoms with Crippen LogP contribution in [0.4, 0.5) is 0 Å². The highest BCUT2D eigenvalue weighted by atomic mass is 16.4. The minimum atomic E-state index is -0.960. The van der Waals surface area contributed by atoms with Gasteiger partial charge in [0, 0.05) is 31.3 Å². The van der Waals surface area contributed by atoms with E-state index in [4.69, 9.17) is 5.11 Å². The summed E-state index contributed by atoms with van der Waals surface area (Å²) in [6.45, 7) is 0.502. The third-order valence-corrected chi connectivity index (χ3v) is 3.31. The molecule has 0 aliphatic rings. The molecule has 5 nitrogen and oxygen atoms in total. The van der Waals surface area contributed by atoms with Crippen LogP contribution in [0.1, 0.15) is 34.5 Å². The van der Waals surface area contributed by atoms with Gasteiger partial charge in [-0.1, -0.05) is 30.3 Å². The lowest BCUT2D eigenvalue weighted by molar-refractivity contribution is -0.137. The molecule has 21 heavy (non-hydrogen) atoms. The second-order valence-electron chi connectivity index (χ2n) is 4.83. The lowest BCUT2D eigenvalue weighted by Crippen LogP contribution is -2.09. The molecule has 1 aromatic heterocycles. The first kappa shape index (κ1) is 14.8. The maximum absolute atomic E-state index is 11.3. The van der Waals surface area contributed by atoms with Gasteiger partial charge in [0.05, 0.1) is 5.56 Å². The van der Waals surface area contributed by atoms with Gasteiger partial charge >= 0.3 is 11.9 Å². The van der Waals surface area contributed by atoms with Crippen LogP contribution < -0.4 is 0 Å². The molecule has 0 aliphatic heterocycles. The first-order valence-corrected chi connectivity index (χ1v) is 6.75. The van der Waals surface area contributed by atoms with Crippen molar-refractivity contribution in [2.24, 2.45) is 0 Å². The van der Waals surface area contributed by atoms with E-state index in [1.807, 2.05) is 34.9 Å². The molecule has 0 spiro atoms. The van der Waals surface area contributed by atoms with Crippen molar-refractivity contribution in [2.75, 3.05) is 0 Å².